The molecule has 0 aliphatic carbocycles. The van der Waals surface area contributed by atoms with Crippen molar-refractivity contribution in [2.24, 2.45) is 0 Å². The second-order valence-electron chi connectivity index (χ2n) is 6.72. The summed E-state index contributed by atoms with van der Waals surface area (Å²) in [5, 5.41) is 3.26. The highest BCUT2D eigenvalue weighted by molar-refractivity contribution is 6.30. The van der Waals surface area contributed by atoms with Crippen LogP contribution in [-0.2, 0) is 16.1 Å². The van der Waals surface area contributed by atoms with Gasteiger partial charge in [0.25, 0.3) is 5.91 Å². The first kappa shape index (κ1) is 21.8. The quantitative estimate of drug-likeness (QED) is 0.728. The van der Waals surface area contributed by atoms with Crippen molar-refractivity contribution in [3.8, 4) is 5.75 Å². The van der Waals surface area contributed by atoms with E-state index in [0.717, 1.165) is 16.7 Å². The summed E-state index contributed by atoms with van der Waals surface area (Å²) in [5.41, 5.74) is 3.15. The number of hydrogen-bond donors (Lipinski definition) is 1. The first-order valence-electron chi connectivity index (χ1n) is 9.31. The van der Waals surface area contributed by atoms with Crippen LogP contribution in [0.5, 0.6) is 5.75 Å². The van der Waals surface area contributed by atoms with E-state index in [1.165, 1.54) is 0 Å². The Morgan fingerprint density at radius 2 is 1.79 bits per heavy atom. The predicted octanol–water partition coefficient (Wildman–Crippen LogP) is 3.89. The standard InChI is InChI=1S/C22H27ClN2O3/c1-5-20(22(27)24-4)25(13-17-7-9-18(23)10-8-17)21(26)14-28-19-11-6-15(2)16(3)12-19/h6-12,20H,5,13-14H2,1-4H3,(H,24,27)/t20-/m0/s1. The maximum atomic E-state index is 13.0. The van der Waals surface area contributed by atoms with Crippen molar-refractivity contribution < 1.29 is 14.3 Å². The molecule has 6 heteroatoms. The molecule has 1 N–H and O–H groups in total. The van der Waals surface area contributed by atoms with E-state index in [4.69, 9.17) is 16.3 Å². The molecule has 0 aromatic heterocycles. The molecule has 5 nitrogen and oxygen atoms in total. The minimum atomic E-state index is -0.573. The number of hydrogen-bond acceptors (Lipinski definition) is 3. The molecule has 0 bridgehead atoms. The van der Waals surface area contributed by atoms with Crippen molar-refractivity contribution in [2.45, 2.75) is 39.8 Å². The third-order valence-corrected chi connectivity index (χ3v) is 4.99. The minimum absolute atomic E-state index is 0.135. The normalized spacial score (nSPS) is 11.6. The molecule has 0 radical (unpaired) electrons. The number of likely N-dealkylation sites (N-methyl/N-ethyl adjacent to an activating group) is 1. The molecule has 28 heavy (non-hydrogen) atoms. The van der Waals surface area contributed by atoms with Crippen molar-refractivity contribution in [1.82, 2.24) is 10.2 Å². The van der Waals surface area contributed by atoms with Crippen molar-refractivity contribution >= 4 is 23.4 Å². The second kappa shape index (κ2) is 10.1. The third-order valence-electron chi connectivity index (χ3n) is 4.74. The van der Waals surface area contributed by atoms with Gasteiger partial charge in [-0.2, -0.15) is 0 Å². The van der Waals surface area contributed by atoms with Crippen molar-refractivity contribution in [1.29, 1.82) is 0 Å². The van der Waals surface area contributed by atoms with Crippen LogP contribution in [-0.4, -0.2) is 36.4 Å². The second-order valence-corrected chi connectivity index (χ2v) is 7.16. The molecule has 0 saturated carbocycles. The van der Waals surface area contributed by atoms with E-state index >= 15 is 0 Å². The van der Waals surface area contributed by atoms with Gasteiger partial charge in [-0.1, -0.05) is 36.7 Å². The molecule has 0 saturated heterocycles. The van der Waals surface area contributed by atoms with Gasteiger partial charge in [0, 0.05) is 18.6 Å². The van der Waals surface area contributed by atoms with Crippen molar-refractivity contribution in [3.63, 3.8) is 0 Å². The number of nitrogens with zero attached hydrogens (tertiary/aromatic N) is 1. The summed E-state index contributed by atoms with van der Waals surface area (Å²) >= 11 is 5.95. The fraction of sp³-hybridized carbons (Fsp3) is 0.364. The monoisotopic (exact) mass is 402 g/mol. The van der Waals surface area contributed by atoms with Crippen LogP contribution in [0, 0.1) is 13.8 Å². The zero-order chi connectivity index (χ0) is 20.7. The molecule has 0 fully saturated rings. The summed E-state index contributed by atoms with van der Waals surface area (Å²) < 4.78 is 5.71. The van der Waals surface area contributed by atoms with Gasteiger partial charge in [0.1, 0.15) is 11.8 Å². The van der Waals surface area contributed by atoms with Gasteiger partial charge in [0.2, 0.25) is 5.91 Å². The summed E-state index contributed by atoms with van der Waals surface area (Å²) in [7, 11) is 1.57. The molecule has 1 atom stereocenters. The number of halogens is 1. The van der Waals surface area contributed by atoms with Crippen LogP contribution >= 0.6 is 11.6 Å². The number of nitrogens with one attached hydrogen (secondary N) is 1. The van der Waals surface area contributed by atoms with E-state index in [1.54, 1.807) is 24.1 Å². The van der Waals surface area contributed by atoms with E-state index in [-0.39, 0.29) is 18.4 Å². The minimum Gasteiger partial charge on any atom is -0.484 e. The summed E-state index contributed by atoms with van der Waals surface area (Å²) in [5.74, 6) is 0.190. The van der Waals surface area contributed by atoms with Gasteiger partial charge >= 0.3 is 0 Å². The van der Waals surface area contributed by atoms with Gasteiger partial charge in [-0.3, -0.25) is 9.59 Å². The average Bonchev–Trinajstić information content (AvgIpc) is 2.69. The molecule has 2 amide bonds. The summed E-state index contributed by atoms with van der Waals surface area (Å²) in [4.78, 5) is 26.8. The summed E-state index contributed by atoms with van der Waals surface area (Å²) in [6, 6.07) is 12.4. The number of aryl methyl sites for hydroxylation is 2. The molecule has 0 aliphatic heterocycles. The fourth-order valence-electron chi connectivity index (χ4n) is 2.90. The van der Waals surface area contributed by atoms with Gasteiger partial charge in [-0.25, -0.2) is 0 Å². The Labute approximate surface area is 171 Å². The van der Waals surface area contributed by atoms with Gasteiger partial charge in [0.05, 0.1) is 0 Å². The Kier molecular flexibility index (Phi) is 7.88. The first-order valence-corrected chi connectivity index (χ1v) is 9.69. The Balaban J connectivity index is 2.18. The molecule has 0 unspecified atom stereocenters. The molecule has 0 heterocycles. The number of rotatable bonds is 8. The Hall–Kier alpha value is -2.53. The predicted molar refractivity (Wildman–Crippen MR) is 112 cm³/mol. The third kappa shape index (κ3) is 5.73. The lowest BCUT2D eigenvalue weighted by Gasteiger charge is -2.30. The molecular formula is C22H27ClN2O3. The molecule has 2 aromatic carbocycles. The number of amides is 2. The Morgan fingerprint density at radius 3 is 2.36 bits per heavy atom. The fourth-order valence-corrected chi connectivity index (χ4v) is 3.03. The largest absolute Gasteiger partial charge is 0.484 e. The smallest absolute Gasteiger partial charge is 0.261 e. The van der Waals surface area contributed by atoms with E-state index in [2.05, 4.69) is 5.32 Å². The average molecular weight is 403 g/mol. The van der Waals surface area contributed by atoms with E-state index < -0.39 is 6.04 Å². The Bertz CT molecular complexity index is 821. The number of ether oxygens (including phenoxy) is 1. The summed E-state index contributed by atoms with van der Waals surface area (Å²) in [6.45, 7) is 6.07. The van der Waals surface area contributed by atoms with Gasteiger partial charge in [0.15, 0.2) is 6.61 Å². The van der Waals surface area contributed by atoms with Crippen LogP contribution in [0.15, 0.2) is 42.5 Å². The molecular weight excluding hydrogens is 376 g/mol. The highest BCUT2D eigenvalue weighted by Gasteiger charge is 2.28. The Morgan fingerprint density at radius 1 is 1.11 bits per heavy atom. The molecule has 2 rings (SSSR count). The first-order chi connectivity index (χ1) is 13.3. The molecule has 150 valence electrons. The molecule has 0 spiro atoms. The lowest BCUT2D eigenvalue weighted by molar-refractivity contribution is -0.142. The van der Waals surface area contributed by atoms with E-state index in [0.29, 0.717) is 23.7 Å². The van der Waals surface area contributed by atoms with E-state index in [1.807, 2.05) is 51.1 Å². The number of benzene rings is 2. The topological polar surface area (TPSA) is 58.6 Å². The zero-order valence-electron chi connectivity index (χ0n) is 16.8. The highest BCUT2D eigenvalue weighted by Crippen LogP contribution is 2.18. The van der Waals surface area contributed by atoms with Crippen LogP contribution in [0.3, 0.4) is 0 Å². The van der Waals surface area contributed by atoms with Gasteiger partial charge < -0.3 is 15.0 Å². The number of carbonyl (C=O) groups excluding carboxylic acids is 2. The van der Waals surface area contributed by atoms with Crippen molar-refractivity contribution in [2.75, 3.05) is 13.7 Å². The van der Waals surface area contributed by atoms with Crippen LogP contribution in [0.1, 0.15) is 30.0 Å². The number of carbonyl (C=O) groups is 2. The zero-order valence-corrected chi connectivity index (χ0v) is 17.5. The van der Waals surface area contributed by atoms with Crippen LogP contribution in [0.25, 0.3) is 0 Å². The SMILES string of the molecule is CC[C@@H](C(=O)NC)N(Cc1ccc(Cl)cc1)C(=O)COc1ccc(C)c(C)c1. The van der Waals surface area contributed by atoms with E-state index in [9.17, 15) is 9.59 Å². The lowest BCUT2D eigenvalue weighted by atomic mass is 10.1. The molecule has 0 aliphatic rings. The maximum absolute atomic E-state index is 13.0. The van der Waals surface area contributed by atoms with Crippen LogP contribution in [0.2, 0.25) is 5.02 Å². The lowest BCUT2D eigenvalue weighted by Crippen LogP contribution is -2.49. The van der Waals surface area contributed by atoms with Crippen LogP contribution < -0.4 is 10.1 Å². The van der Waals surface area contributed by atoms with Gasteiger partial charge in [-0.05, 0) is 61.2 Å². The van der Waals surface area contributed by atoms with Crippen LogP contribution in [0.4, 0.5) is 0 Å². The highest BCUT2D eigenvalue weighted by atomic mass is 35.5. The summed E-state index contributed by atoms with van der Waals surface area (Å²) in [6.07, 6.45) is 0.503. The maximum Gasteiger partial charge on any atom is 0.261 e. The van der Waals surface area contributed by atoms with Crippen molar-refractivity contribution in [3.05, 3.63) is 64.2 Å². The van der Waals surface area contributed by atoms with Gasteiger partial charge in [-0.15, -0.1) is 0 Å². The molecule has 2 aromatic rings.